The predicted molar refractivity (Wildman–Crippen MR) is 142 cm³/mol. The van der Waals surface area contributed by atoms with Crippen LogP contribution in [0.1, 0.15) is 23.5 Å². The van der Waals surface area contributed by atoms with Gasteiger partial charge >= 0.3 is 0 Å². The Kier molecular flexibility index (Phi) is 7.18. The molecule has 0 radical (unpaired) electrons. The minimum atomic E-state index is -0.304. The first-order chi connectivity index (χ1) is 17.6. The lowest BCUT2D eigenvalue weighted by Gasteiger charge is -2.29. The third-order valence-corrected chi connectivity index (χ3v) is 6.62. The number of methoxy groups -OCH3 is 1. The van der Waals surface area contributed by atoms with Crippen molar-refractivity contribution in [1.82, 2.24) is 14.9 Å². The van der Waals surface area contributed by atoms with E-state index in [0.29, 0.717) is 34.8 Å². The van der Waals surface area contributed by atoms with Crippen molar-refractivity contribution in [3.63, 3.8) is 0 Å². The Morgan fingerprint density at radius 3 is 2.67 bits per heavy atom. The molecule has 2 atom stereocenters. The average Bonchev–Trinajstić information content (AvgIpc) is 3.50. The number of benzene rings is 2. The summed E-state index contributed by atoms with van der Waals surface area (Å²) in [6.45, 7) is 0.855. The first-order valence-corrected chi connectivity index (χ1v) is 12.2. The van der Waals surface area contributed by atoms with Crippen LogP contribution in [0.5, 0.6) is 5.75 Å². The molecule has 1 N–H and O–H groups in total. The molecule has 3 heterocycles. The number of anilines is 1. The van der Waals surface area contributed by atoms with Gasteiger partial charge in [0.05, 0.1) is 23.4 Å². The fourth-order valence-corrected chi connectivity index (χ4v) is 5.00. The van der Waals surface area contributed by atoms with Crippen molar-refractivity contribution in [3.05, 3.63) is 107 Å². The maximum atomic E-state index is 14.1. The molecule has 0 aliphatic carbocycles. The highest BCUT2D eigenvalue weighted by molar-refractivity contribution is 7.80. The SMILES string of the molecule is COCCOc1ccc(N2C(=S)N[C@@H](c3ccccn3)[C@@H]2c2cccn2-c2cccc(F)c2)cc1Cl. The van der Waals surface area contributed by atoms with E-state index in [2.05, 4.69) is 10.3 Å². The summed E-state index contributed by atoms with van der Waals surface area (Å²) in [6.07, 6.45) is 3.67. The van der Waals surface area contributed by atoms with Gasteiger partial charge in [-0.1, -0.05) is 23.7 Å². The maximum absolute atomic E-state index is 14.1. The van der Waals surface area contributed by atoms with E-state index in [1.165, 1.54) is 12.1 Å². The number of nitrogens with zero attached hydrogens (tertiary/aromatic N) is 3. The summed E-state index contributed by atoms with van der Waals surface area (Å²) < 4.78 is 26.9. The summed E-state index contributed by atoms with van der Waals surface area (Å²) in [6, 6.07) is 21.3. The quantitative estimate of drug-likeness (QED) is 0.231. The maximum Gasteiger partial charge on any atom is 0.174 e. The van der Waals surface area contributed by atoms with E-state index < -0.39 is 0 Å². The first-order valence-electron chi connectivity index (χ1n) is 11.4. The zero-order chi connectivity index (χ0) is 25.1. The van der Waals surface area contributed by atoms with Gasteiger partial charge in [0.1, 0.15) is 24.2 Å². The Morgan fingerprint density at radius 1 is 1.03 bits per heavy atom. The van der Waals surface area contributed by atoms with Crippen LogP contribution in [0.4, 0.5) is 10.1 Å². The van der Waals surface area contributed by atoms with Gasteiger partial charge in [-0.05, 0) is 72.9 Å². The fourth-order valence-electron chi connectivity index (χ4n) is 4.42. The van der Waals surface area contributed by atoms with Crippen molar-refractivity contribution < 1.29 is 13.9 Å². The minimum Gasteiger partial charge on any atom is -0.490 e. The Hall–Kier alpha value is -3.46. The van der Waals surface area contributed by atoms with E-state index in [1.807, 2.05) is 70.3 Å². The number of halogens is 2. The molecular weight excluding hydrogens is 499 g/mol. The number of thiocarbonyl (C=S) groups is 1. The molecule has 184 valence electrons. The van der Waals surface area contributed by atoms with Crippen LogP contribution in [-0.2, 0) is 4.74 Å². The van der Waals surface area contributed by atoms with Crippen molar-refractivity contribution in [3.8, 4) is 11.4 Å². The molecule has 1 aliphatic rings. The average molecular weight is 523 g/mol. The Bertz CT molecular complexity index is 1370. The topological polar surface area (TPSA) is 51.6 Å². The van der Waals surface area contributed by atoms with Crippen molar-refractivity contribution in [1.29, 1.82) is 0 Å². The molecule has 2 aromatic carbocycles. The van der Waals surface area contributed by atoms with Gasteiger partial charge in [0, 0.05) is 36.6 Å². The lowest BCUT2D eigenvalue weighted by atomic mass is 10.0. The first kappa shape index (κ1) is 24.2. The molecule has 0 amide bonds. The van der Waals surface area contributed by atoms with Crippen LogP contribution in [0.15, 0.2) is 85.2 Å². The number of pyridine rings is 1. The fraction of sp³-hybridized carbons (Fsp3) is 0.185. The van der Waals surface area contributed by atoms with Crippen LogP contribution in [0.3, 0.4) is 0 Å². The number of aromatic nitrogens is 2. The highest BCUT2D eigenvalue weighted by atomic mass is 35.5. The molecule has 2 aromatic heterocycles. The molecule has 0 unspecified atom stereocenters. The van der Waals surface area contributed by atoms with Crippen LogP contribution in [-0.4, -0.2) is 35.0 Å². The van der Waals surface area contributed by atoms with E-state index >= 15 is 0 Å². The van der Waals surface area contributed by atoms with E-state index in [1.54, 1.807) is 19.4 Å². The third kappa shape index (κ3) is 4.80. The second kappa shape index (κ2) is 10.7. The Morgan fingerprint density at radius 2 is 1.92 bits per heavy atom. The number of ether oxygens (including phenoxy) is 2. The minimum absolute atomic E-state index is 0.252. The van der Waals surface area contributed by atoms with Crippen LogP contribution < -0.4 is 15.0 Å². The molecule has 36 heavy (non-hydrogen) atoms. The second-order valence-electron chi connectivity index (χ2n) is 8.24. The van der Waals surface area contributed by atoms with E-state index in [4.69, 9.17) is 33.3 Å². The van der Waals surface area contributed by atoms with E-state index in [9.17, 15) is 4.39 Å². The molecule has 1 fully saturated rings. The van der Waals surface area contributed by atoms with Crippen LogP contribution >= 0.6 is 23.8 Å². The zero-order valence-corrected chi connectivity index (χ0v) is 21.0. The lowest BCUT2D eigenvalue weighted by Crippen LogP contribution is -2.30. The van der Waals surface area contributed by atoms with Crippen LogP contribution in [0, 0.1) is 5.82 Å². The normalized spacial score (nSPS) is 17.3. The number of hydrogen-bond donors (Lipinski definition) is 1. The summed E-state index contributed by atoms with van der Waals surface area (Å²) in [7, 11) is 1.62. The standard InChI is InChI=1S/C27H24ClFN4O2S/c1-34-14-15-35-24-11-10-20(17-21(24)28)33-26(25(31-27(33)36)22-8-2-3-12-30-22)23-9-5-13-32(23)19-7-4-6-18(29)16-19/h2-13,16-17,25-26H,14-15H2,1H3,(H,31,36)/t25-,26-/m0/s1. The highest BCUT2D eigenvalue weighted by Crippen LogP contribution is 2.43. The molecule has 1 saturated heterocycles. The summed E-state index contributed by atoms with van der Waals surface area (Å²) in [4.78, 5) is 6.62. The highest BCUT2D eigenvalue weighted by Gasteiger charge is 2.42. The lowest BCUT2D eigenvalue weighted by molar-refractivity contribution is 0.146. The van der Waals surface area contributed by atoms with Crippen molar-refractivity contribution in [2.75, 3.05) is 25.2 Å². The van der Waals surface area contributed by atoms with Crippen molar-refractivity contribution in [2.24, 2.45) is 0 Å². The Labute approximate surface area is 219 Å². The number of nitrogens with one attached hydrogen (secondary N) is 1. The van der Waals surface area contributed by atoms with Gasteiger partial charge in [0.15, 0.2) is 5.11 Å². The summed E-state index contributed by atoms with van der Waals surface area (Å²) in [5.74, 6) is 0.262. The molecule has 5 rings (SSSR count). The van der Waals surface area contributed by atoms with Gasteiger partial charge in [-0.15, -0.1) is 0 Å². The summed E-state index contributed by atoms with van der Waals surface area (Å²) in [5.41, 5.74) is 3.27. The molecule has 0 saturated carbocycles. The molecule has 1 aliphatic heterocycles. The van der Waals surface area contributed by atoms with Crippen molar-refractivity contribution >= 4 is 34.6 Å². The summed E-state index contributed by atoms with van der Waals surface area (Å²) in [5, 5.41) is 4.44. The Balaban J connectivity index is 1.59. The van der Waals surface area contributed by atoms with Crippen LogP contribution in [0.2, 0.25) is 5.02 Å². The zero-order valence-electron chi connectivity index (χ0n) is 19.5. The molecule has 0 spiro atoms. The van der Waals surface area contributed by atoms with E-state index in [0.717, 1.165) is 17.1 Å². The number of rotatable bonds is 8. The molecule has 9 heteroatoms. The van der Waals surface area contributed by atoms with Gasteiger partial charge in [0.2, 0.25) is 0 Å². The largest absolute Gasteiger partial charge is 0.490 e. The van der Waals surface area contributed by atoms with Gasteiger partial charge in [-0.2, -0.15) is 0 Å². The van der Waals surface area contributed by atoms with Gasteiger partial charge in [-0.3, -0.25) is 4.98 Å². The van der Waals surface area contributed by atoms with Crippen molar-refractivity contribution in [2.45, 2.75) is 12.1 Å². The predicted octanol–water partition coefficient (Wildman–Crippen LogP) is 5.87. The van der Waals surface area contributed by atoms with Gasteiger partial charge < -0.3 is 24.3 Å². The summed E-state index contributed by atoms with van der Waals surface area (Å²) >= 11 is 12.4. The number of hydrogen-bond acceptors (Lipinski definition) is 4. The van der Waals surface area contributed by atoms with Gasteiger partial charge in [-0.25, -0.2) is 4.39 Å². The second-order valence-corrected chi connectivity index (χ2v) is 9.03. The van der Waals surface area contributed by atoms with Gasteiger partial charge in [0.25, 0.3) is 0 Å². The smallest absolute Gasteiger partial charge is 0.174 e. The monoisotopic (exact) mass is 522 g/mol. The third-order valence-electron chi connectivity index (χ3n) is 6.01. The molecule has 0 bridgehead atoms. The molecule has 6 nitrogen and oxygen atoms in total. The molecular formula is C27H24ClFN4O2S. The van der Waals surface area contributed by atoms with E-state index in [-0.39, 0.29) is 17.9 Å². The van der Waals surface area contributed by atoms with Crippen LogP contribution in [0.25, 0.3) is 5.69 Å². The molecule has 4 aromatic rings.